The van der Waals surface area contributed by atoms with Gasteiger partial charge in [-0.1, -0.05) is 66.7 Å². The Labute approximate surface area is 303 Å². The number of thiophene rings is 1. The monoisotopic (exact) mass is 748 g/mol. The number of amides is 2. The van der Waals surface area contributed by atoms with Crippen LogP contribution in [-0.4, -0.2) is 66.5 Å². The lowest BCUT2D eigenvalue weighted by Gasteiger charge is -2.40. The number of alkyl halides is 2. The third-order valence-corrected chi connectivity index (χ3v) is 13.1. The third kappa shape index (κ3) is 6.95. The highest BCUT2D eigenvalue weighted by molar-refractivity contribution is 7.89. The zero-order chi connectivity index (χ0) is 36.7. The molecule has 0 spiro atoms. The number of ether oxygens (including phenoxy) is 1. The number of aliphatic hydroxyl groups is 1. The summed E-state index contributed by atoms with van der Waals surface area (Å²) in [5.41, 5.74) is 0.850. The molecule has 1 unspecified atom stereocenters. The van der Waals surface area contributed by atoms with Crippen LogP contribution in [0.3, 0.4) is 0 Å². The molecule has 3 atom stereocenters. The van der Waals surface area contributed by atoms with Crippen LogP contribution in [0.1, 0.15) is 46.1 Å². The number of halogens is 2. The number of fused-ring (bicyclic) bond motifs is 1. The number of carbonyl (C=O) groups is 2. The Morgan fingerprint density at radius 1 is 0.981 bits per heavy atom. The summed E-state index contributed by atoms with van der Waals surface area (Å²) >= 11 is 1.23. The van der Waals surface area contributed by atoms with Crippen LogP contribution in [0.5, 0.6) is 0 Å². The van der Waals surface area contributed by atoms with Gasteiger partial charge in [0.25, 0.3) is 0 Å². The highest BCUT2D eigenvalue weighted by Crippen LogP contribution is 2.56. The SMILES string of the molecule is COC(=O)N[C@H](C(=O)NCc1ccc(C2(N(CC3CC(F)(F)C3)S(=O)(=O)c3ccc4cc[nH]c4c3)C[C@@H]2O)s1)C(c1ccccc1)c1ccccc1. The maximum Gasteiger partial charge on any atom is 0.407 e. The summed E-state index contributed by atoms with van der Waals surface area (Å²) in [6.07, 6.45) is -0.921. The van der Waals surface area contributed by atoms with Crippen molar-refractivity contribution in [3.05, 3.63) is 124 Å². The Morgan fingerprint density at radius 2 is 1.63 bits per heavy atom. The first kappa shape index (κ1) is 35.8. The number of aromatic amines is 1. The van der Waals surface area contributed by atoms with E-state index in [-0.39, 0.29) is 24.4 Å². The first-order valence-electron chi connectivity index (χ1n) is 16.9. The molecule has 7 rings (SSSR count). The number of sulfonamides is 1. The van der Waals surface area contributed by atoms with Crippen molar-refractivity contribution in [2.75, 3.05) is 13.7 Å². The Kier molecular flexibility index (Phi) is 9.67. The van der Waals surface area contributed by atoms with E-state index in [1.807, 2.05) is 66.7 Å². The number of nitrogens with one attached hydrogen (secondary N) is 3. The molecule has 0 radical (unpaired) electrons. The summed E-state index contributed by atoms with van der Waals surface area (Å²) in [6, 6.07) is 27.5. The van der Waals surface area contributed by atoms with E-state index in [9.17, 15) is 31.9 Å². The number of carbonyl (C=O) groups excluding carboxylic acids is 2. The van der Waals surface area contributed by atoms with Crippen LogP contribution >= 0.6 is 11.3 Å². The molecule has 2 aliphatic rings. The zero-order valence-corrected chi connectivity index (χ0v) is 29.8. The van der Waals surface area contributed by atoms with E-state index >= 15 is 0 Å². The van der Waals surface area contributed by atoms with Crippen molar-refractivity contribution in [3.63, 3.8) is 0 Å². The van der Waals surface area contributed by atoms with E-state index in [0.29, 0.717) is 15.3 Å². The standard InChI is InChI=1S/C38H38F2N4O6S2/c1-50-36(47)43-34(33(26-8-4-2-5-9-26)27-10-6-3-7-11-27)35(46)42-22-28-13-15-32(51-28)38(21-31(38)45)44(23-24-19-37(39,40)20-24)52(48,49)29-14-12-25-16-17-41-30(25)18-29/h2-18,24,31,33-34,41,45H,19-23H2,1H3,(H,42,46)(H,43,47)/t31-,34-,38?/m0/s1. The average molecular weight is 749 g/mol. The van der Waals surface area contributed by atoms with Gasteiger partial charge in [0.2, 0.25) is 21.9 Å². The smallest absolute Gasteiger partial charge is 0.407 e. The molecule has 14 heteroatoms. The molecule has 0 bridgehead atoms. The number of methoxy groups -OCH3 is 1. The largest absolute Gasteiger partial charge is 0.453 e. The minimum atomic E-state index is -4.27. The lowest BCUT2D eigenvalue weighted by Crippen LogP contribution is -2.50. The fraction of sp³-hybridized carbons (Fsp3) is 0.316. The van der Waals surface area contributed by atoms with Gasteiger partial charge in [-0.2, -0.15) is 4.31 Å². The minimum Gasteiger partial charge on any atom is -0.453 e. The lowest BCUT2D eigenvalue weighted by molar-refractivity contribution is -0.123. The second kappa shape index (κ2) is 14.1. The maximum atomic E-state index is 14.4. The van der Waals surface area contributed by atoms with Crippen LogP contribution in [0.2, 0.25) is 0 Å². The number of H-pyrrole nitrogens is 1. The predicted molar refractivity (Wildman–Crippen MR) is 192 cm³/mol. The molecule has 4 N–H and O–H groups in total. The van der Waals surface area contributed by atoms with E-state index in [2.05, 4.69) is 15.6 Å². The second-order valence-corrected chi connectivity index (χ2v) is 16.5. The fourth-order valence-corrected chi connectivity index (χ4v) is 10.4. The van der Waals surface area contributed by atoms with Crippen LogP contribution < -0.4 is 10.6 Å². The number of aliphatic hydroxyl groups excluding tert-OH is 1. The molecule has 2 fully saturated rings. The molecule has 0 saturated heterocycles. The molecule has 5 aromatic rings. The lowest BCUT2D eigenvalue weighted by atomic mass is 9.81. The molecular weight excluding hydrogens is 711 g/mol. The predicted octanol–water partition coefficient (Wildman–Crippen LogP) is 6.10. The van der Waals surface area contributed by atoms with Crippen molar-refractivity contribution >= 4 is 44.3 Å². The van der Waals surface area contributed by atoms with Gasteiger partial charge in [0.15, 0.2) is 0 Å². The number of hydrogen-bond donors (Lipinski definition) is 4. The van der Waals surface area contributed by atoms with Gasteiger partial charge >= 0.3 is 6.09 Å². The molecule has 2 heterocycles. The van der Waals surface area contributed by atoms with Crippen LogP contribution in [0, 0.1) is 5.92 Å². The average Bonchev–Trinajstić information content (AvgIpc) is 3.45. The van der Waals surface area contributed by atoms with Gasteiger partial charge < -0.3 is 25.5 Å². The molecule has 0 aliphatic heterocycles. The van der Waals surface area contributed by atoms with Gasteiger partial charge in [0, 0.05) is 53.2 Å². The molecule has 2 aromatic heterocycles. The molecular formula is C38H38F2N4O6S2. The summed E-state index contributed by atoms with van der Waals surface area (Å²) in [4.78, 5) is 30.7. The van der Waals surface area contributed by atoms with E-state index in [1.165, 1.54) is 34.9 Å². The number of aromatic nitrogens is 1. The molecule has 2 amide bonds. The Balaban J connectivity index is 1.16. The van der Waals surface area contributed by atoms with Crippen molar-refractivity contribution in [2.24, 2.45) is 5.92 Å². The number of rotatable bonds is 13. The number of benzene rings is 3. The number of hydrogen-bond acceptors (Lipinski definition) is 7. The first-order valence-corrected chi connectivity index (χ1v) is 19.1. The van der Waals surface area contributed by atoms with E-state index in [0.717, 1.165) is 16.5 Å². The van der Waals surface area contributed by atoms with E-state index in [1.54, 1.807) is 24.4 Å². The van der Waals surface area contributed by atoms with Gasteiger partial charge in [-0.3, -0.25) is 4.79 Å². The molecule has 2 aliphatic carbocycles. The van der Waals surface area contributed by atoms with Crippen molar-refractivity contribution in [2.45, 2.75) is 60.2 Å². The third-order valence-electron chi connectivity index (χ3n) is 9.97. The van der Waals surface area contributed by atoms with Gasteiger partial charge in [-0.05, 0) is 52.8 Å². The number of alkyl carbamates (subject to hydrolysis) is 1. The van der Waals surface area contributed by atoms with E-state index < -0.39 is 70.3 Å². The summed E-state index contributed by atoms with van der Waals surface area (Å²) in [5.74, 6) is -4.47. The van der Waals surface area contributed by atoms with Crippen LogP contribution in [-0.2, 0) is 31.6 Å². The fourth-order valence-electron chi connectivity index (χ4n) is 7.20. The second-order valence-electron chi connectivity index (χ2n) is 13.4. The summed E-state index contributed by atoms with van der Waals surface area (Å²) in [7, 11) is -3.05. The Morgan fingerprint density at radius 3 is 2.23 bits per heavy atom. The van der Waals surface area contributed by atoms with Gasteiger partial charge in [0.05, 0.1) is 30.2 Å². The topological polar surface area (TPSA) is 141 Å². The summed E-state index contributed by atoms with van der Waals surface area (Å²) < 4.78 is 62.8. The van der Waals surface area contributed by atoms with Crippen molar-refractivity contribution in [1.82, 2.24) is 19.9 Å². The normalized spacial score (nSPS) is 20.4. The van der Waals surface area contributed by atoms with Gasteiger partial charge in [0.1, 0.15) is 6.04 Å². The molecule has 3 aromatic carbocycles. The van der Waals surface area contributed by atoms with Gasteiger partial charge in [-0.25, -0.2) is 22.0 Å². The van der Waals surface area contributed by atoms with E-state index in [4.69, 9.17) is 4.74 Å². The molecule has 272 valence electrons. The molecule has 52 heavy (non-hydrogen) atoms. The number of nitrogens with zero attached hydrogens (tertiary/aromatic N) is 1. The molecule has 2 saturated carbocycles. The summed E-state index contributed by atoms with van der Waals surface area (Å²) in [6.45, 7) is -0.140. The first-order chi connectivity index (χ1) is 24.9. The molecule has 10 nitrogen and oxygen atoms in total. The maximum absolute atomic E-state index is 14.4. The zero-order valence-electron chi connectivity index (χ0n) is 28.2. The van der Waals surface area contributed by atoms with Crippen molar-refractivity contribution in [3.8, 4) is 0 Å². The quantitative estimate of drug-likeness (QED) is 0.115. The van der Waals surface area contributed by atoms with Gasteiger partial charge in [-0.15, -0.1) is 11.3 Å². The van der Waals surface area contributed by atoms with Crippen molar-refractivity contribution in [1.29, 1.82) is 0 Å². The summed E-state index contributed by atoms with van der Waals surface area (Å²) in [5, 5.41) is 17.6. The van der Waals surface area contributed by atoms with Crippen LogP contribution in [0.4, 0.5) is 13.6 Å². The Bertz CT molecular complexity index is 2130. The minimum absolute atomic E-state index is 0.00779. The van der Waals surface area contributed by atoms with Crippen LogP contribution in [0.25, 0.3) is 10.9 Å². The van der Waals surface area contributed by atoms with Crippen LogP contribution in [0.15, 0.2) is 108 Å². The highest BCUT2D eigenvalue weighted by Gasteiger charge is 2.64. The highest BCUT2D eigenvalue weighted by atomic mass is 32.2. The van der Waals surface area contributed by atoms with Crippen molar-refractivity contribution < 1.29 is 36.6 Å². The Hall–Kier alpha value is -4.63.